The van der Waals surface area contributed by atoms with Crippen LogP contribution in [0.5, 0.6) is 0 Å². The van der Waals surface area contributed by atoms with Crippen molar-refractivity contribution in [2.45, 2.75) is 104 Å². The molecule has 186 valence electrons. The van der Waals surface area contributed by atoms with Crippen LogP contribution in [0.3, 0.4) is 0 Å². The summed E-state index contributed by atoms with van der Waals surface area (Å²) in [5.41, 5.74) is 0. The molecule has 0 spiro atoms. The standard InChI is InChI=1S/C24H45N3O5/c1-5-6-12-25-23(30)18(3)15-21(28)20-14-17(2)11-9-7-8-10-13-32-16-22(29)26-19(4)24(31)27-20/h17-21,28H,5-16H2,1-4H3,(H,25,30)(H,26,29)(H,27,31)/t17-,18-,19+,20+,21+/m1/s1. The molecule has 8 heteroatoms. The summed E-state index contributed by atoms with van der Waals surface area (Å²) in [6.45, 7) is 8.73. The molecule has 32 heavy (non-hydrogen) atoms. The molecule has 8 nitrogen and oxygen atoms in total. The molecule has 1 saturated heterocycles. The molecule has 1 aliphatic heterocycles. The SMILES string of the molecule is CCCCNC(=O)[C@H](C)C[C@H](O)[C@@H]1C[C@H](C)CCCCCCOCC(=O)N[C@@H](C)C(=O)N1. The number of aliphatic hydroxyl groups excluding tert-OH is 1. The molecule has 1 aliphatic rings. The Morgan fingerprint density at radius 1 is 1.19 bits per heavy atom. The first-order chi connectivity index (χ1) is 15.2. The van der Waals surface area contributed by atoms with Gasteiger partial charge < -0.3 is 25.8 Å². The molecular formula is C24H45N3O5. The molecular weight excluding hydrogens is 410 g/mol. The topological polar surface area (TPSA) is 117 Å². The molecule has 0 bridgehead atoms. The van der Waals surface area contributed by atoms with Gasteiger partial charge in [-0.05, 0) is 38.5 Å². The second-order valence-corrected chi connectivity index (χ2v) is 9.35. The van der Waals surface area contributed by atoms with Gasteiger partial charge in [0.15, 0.2) is 0 Å². The molecule has 0 radical (unpaired) electrons. The average molecular weight is 456 g/mol. The first-order valence-electron chi connectivity index (χ1n) is 12.4. The average Bonchev–Trinajstić information content (AvgIpc) is 2.74. The number of aliphatic hydroxyl groups is 1. The van der Waals surface area contributed by atoms with E-state index in [2.05, 4.69) is 29.8 Å². The second-order valence-electron chi connectivity index (χ2n) is 9.35. The van der Waals surface area contributed by atoms with Crippen LogP contribution in [0.4, 0.5) is 0 Å². The van der Waals surface area contributed by atoms with E-state index in [4.69, 9.17) is 4.74 Å². The number of carbonyl (C=O) groups excluding carboxylic acids is 3. The van der Waals surface area contributed by atoms with Gasteiger partial charge in [0.25, 0.3) is 0 Å². The van der Waals surface area contributed by atoms with Crippen molar-refractivity contribution in [3.05, 3.63) is 0 Å². The fourth-order valence-corrected chi connectivity index (χ4v) is 3.93. The Bertz CT molecular complexity index is 572. The van der Waals surface area contributed by atoms with Gasteiger partial charge in [-0.1, -0.05) is 52.9 Å². The minimum absolute atomic E-state index is 0.0641. The van der Waals surface area contributed by atoms with Gasteiger partial charge in [-0.25, -0.2) is 0 Å². The summed E-state index contributed by atoms with van der Waals surface area (Å²) >= 11 is 0. The maximum Gasteiger partial charge on any atom is 0.246 e. The van der Waals surface area contributed by atoms with E-state index < -0.39 is 18.2 Å². The van der Waals surface area contributed by atoms with Crippen molar-refractivity contribution in [1.29, 1.82) is 0 Å². The third-order valence-corrected chi connectivity index (χ3v) is 6.06. The van der Waals surface area contributed by atoms with Crippen LogP contribution >= 0.6 is 0 Å². The summed E-state index contributed by atoms with van der Waals surface area (Å²) in [6, 6.07) is -1.22. The zero-order valence-corrected chi connectivity index (χ0v) is 20.5. The van der Waals surface area contributed by atoms with Gasteiger partial charge in [-0.15, -0.1) is 0 Å². The zero-order valence-electron chi connectivity index (χ0n) is 20.5. The van der Waals surface area contributed by atoms with Gasteiger partial charge in [-0.2, -0.15) is 0 Å². The van der Waals surface area contributed by atoms with Crippen molar-refractivity contribution >= 4 is 17.7 Å². The molecule has 0 aromatic rings. The lowest BCUT2D eigenvalue weighted by Crippen LogP contribution is -2.52. The van der Waals surface area contributed by atoms with Gasteiger partial charge in [0, 0.05) is 19.1 Å². The largest absolute Gasteiger partial charge is 0.391 e. The lowest BCUT2D eigenvalue weighted by molar-refractivity contribution is -0.132. The summed E-state index contributed by atoms with van der Waals surface area (Å²) in [7, 11) is 0. The lowest BCUT2D eigenvalue weighted by Gasteiger charge is -2.29. The van der Waals surface area contributed by atoms with Crippen molar-refractivity contribution < 1.29 is 24.2 Å². The number of rotatable bonds is 7. The van der Waals surface area contributed by atoms with Gasteiger partial charge in [0.05, 0.1) is 12.1 Å². The number of hydrogen-bond acceptors (Lipinski definition) is 5. The van der Waals surface area contributed by atoms with E-state index in [1.807, 2.05) is 0 Å². The molecule has 1 fully saturated rings. The van der Waals surface area contributed by atoms with Crippen LogP contribution in [0.2, 0.25) is 0 Å². The Morgan fingerprint density at radius 3 is 2.62 bits per heavy atom. The van der Waals surface area contributed by atoms with Crippen LogP contribution in [-0.4, -0.2) is 60.8 Å². The highest BCUT2D eigenvalue weighted by atomic mass is 16.5. The highest BCUT2D eigenvalue weighted by Crippen LogP contribution is 2.20. The van der Waals surface area contributed by atoms with Gasteiger partial charge in [0.1, 0.15) is 12.6 Å². The third-order valence-electron chi connectivity index (χ3n) is 6.06. The van der Waals surface area contributed by atoms with Crippen molar-refractivity contribution in [2.24, 2.45) is 11.8 Å². The third kappa shape index (κ3) is 11.8. The molecule has 1 heterocycles. The Labute approximate surface area is 193 Å². The van der Waals surface area contributed by atoms with E-state index >= 15 is 0 Å². The van der Waals surface area contributed by atoms with E-state index in [9.17, 15) is 19.5 Å². The van der Waals surface area contributed by atoms with E-state index in [1.54, 1.807) is 13.8 Å². The fourth-order valence-electron chi connectivity index (χ4n) is 3.93. The van der Waals surface area contributed by atoms with Gasteiger partial charge >= 0.3 is 0 Å². The molecule has 5 atom stereocenters. The summed E-state index contributed by atoms with van der Waals surface area (Å²) in [4.78, 5) is 37.1. The molecule has 0 aromatic heterocycles. The Morgan fingerprint density at radius 2 is 1.91 bits per heavy atom. The minimum atomic E-state index is -0.849. The first kappa shape index (κ1) is 28.4. The second kappa shape index (κ2) is 16.0. The first-order valence-corrected chi connectivity index (χ1v) is 12.4. The molecule has 0 aliphatic carbocycles. The molecule has 0 unspecified atom stereocenters. The number of hydrogen-bond donors (Lipinski definition) is 4. The number of unbranched alkanes of at least 4 members (excludes halogenated alkanes) is 1. The maximum atomic E-state index is 12.7. The Hall–Kier alpha value is -1.67. The molecule has 0 aromatic carbocycles. The monoisotopic (exact) mass is 455 g/mol. The lowest BCUT2D eigenvalue weighted by atomic mass is 9.89. The Kier molecular flexibility index (Phi) is 14.2. The minimum Gasteiger partial charge on any atom is -0.391 e. The molecule has 3 amide bonds. The van der Waals surface area contributed by atoms with Gasteiger partial charge in [-0.3, -0.25) is 14.4 Å². The van der Waals surface area contributed by atoms with E-state index in [1.165, 1.54) is 0 Å². The number of ether oxygens (including phenoxy) is 1. The van der Waals surface area contributed by atoms with Crippen molar-refractivity contribution in [3.8, 4) is 0 Å². The molecule has 1 rings (SSSR count). The summed E-state index contributed by atoms with van der Waals surface area (Å²) in [5, 5.41) is 19.4. The number of nitrogens with one attached hydrogen (secondary N) is 3. The summed E-state index contributed by atoms with van der Waals surface area (Å²) in [5.74, 6) is -0.795. The van der Waals surface area contributed by atoms with Crippen molar-refractivity contribution in [3.63, 3.8) is 0 Å². The van der Waals surface area contributed by atoms with Crippen LogP contribution in [-0.2, 0) is 19.1 Å². The van der Waals surface area contributed by atoms with Crippen LogP contribution in [0.25, 0.3) is 0 Å². The predicted octanol–water partition coefficient (Wildman–Crippen LogP) is 2.29. The molecule has 0 saturated carbocycles. The van der Waals surface area contributed by atoms with Crippen molar-refractivity contribution in [1.82, 2.24) is 16.0 Å². The highest BCUT2D eigenvalue weighted by molar-refractivity contribution is 5.87. The zero-order chi connectivity index (χ0) is 23.9. The predicted molar refractivity (Wildman–Crippen MR) is 125 cm³/mol. The van der Waals surface area contributed by atoms with Crippen LogP contribution in [0.15, 0.2) is 0 Å². The Balaban J connectivity index is 2.79. The van der Waals surface area contributed by atoms with Crippen LogP contribution in [0, 0.1) is 11.8 Å². The van der Waals surface area contributed by atoms with E-state index in [0.29, 0.717) is 25.5 Å². The smallest absolute Gasteiger partial charge is 0.246 e. The fraction of sp³-hybridized carbons (Fsp3) is 0.875. The van der Waals surface area contributed by atoms with Crippen LogP contribution in [0.1, 0.15) is 85.5 Å². The summed E-state index contributed by atoms with van der Waals surface area (Å²) < 4.78 is 5.39. The summed E-state index contributed by atoms with van der Waals surface area (Å²) in [6.07, 6.45) is 7.12. The molecule has 4 N–H and O–H groups in total. The number of carbonyl (C=O) groups is 3. The van der Waals surface area contributed by atoms with E-state index in [0.717, 1.165) is 44.9 Å². The maximum absolute atomic E-state index is 12.7. The normalized spacial score (nSPS) is 26.5. The highest BCUT2D eigenvalue weighted by Gasteiger charge is 2.28. The van der Waals surface area contributed by atoms with Gasteiger partial charge in [0.2, 0.25) is 17.7 Å². The van der Waals surface area contributed by atoms with E-state index in [-0.39, 0.29) is 36.7 Å². The quantitative estimate of drug-likeness (QED) is 0.440. The van der Waals surface area contributed by atoms with Crippen LogP contribution < -0.4 is 16.0 Å². The van der Waals surface area contributed by atoms with Crippen molar-refractivity contribution in [2.75, 3.05) is 19.8 Å². The number of amides is 3.